The van der Waals surface area contributed by atoms with Crippen LogP contribution >= 0.6 is 0 Å². The van der Waals surface area contributed by atoms with Crippen molar-refractivity contribution in [3.8, 4) is 0 Å². The Labute approximate surface area is 162 Å². The third-order valence-corrected chi connectivity index (χ3v) is 6.06. The number of anilines is 1. The largest absolute Gasteiger partial charge is 0.398 e. The van der Waals surface area contributed by atoms with E-state index in [1.54, 1.807) is 0 Å². The average molecular weight is 358 g/mol. The standard InChI is InChI=1S/C26H31N/c1-2-3-4-5-6-7-8-9-11-21-18-23-24(27)17-16-20-15-14-19-12-10-13-22(21)25(19)26(20)23/h10,12-18H,2-9,11,27H2,1H3. The van der Waals surface area contributed by atoms with Crippen molar-refractivity contribution >= 4 is 38.0 Å². The fourth-order valence-electron chi connectivity index (χ4n) is 4.57. The van der Waals surface area contributed by atoms with Crippen LogP contribution in [0.15, 0.2) is 48.5 Å². The summed E-state index contributed by atoms with van der Waals surface area (Å²) in [6.45, 7) is 2.28. The molecule has 0 aliphatic carbocycles. The van der Waals surface area contributed by atoms with Crippen LogP contribution in [0.5, 0.6) is 0 Å². The van der Waals surface area contributed by atoms with Gasteiger partial charge in [-0.3, -0.25) is 0 Å². The zero-order valence-electron chi connectivity index (χ0n) is 16.6. The number of aryl methyl sites for hydroxylation is 1. The van der Waals surface area contributed by atoms with Gasteiger partial charge in [-0.05, 0) is 57.5 Å². The van der Waals surface area contributed by atoms with Crippen molar-refractivity contribution < 1.29 is 0 Å². The van der Waals surface area contributed by atoms with Gasteiger partial charge in [0.1, 0.15) is 0 Å². The second kappa shape index (κ2) is 8.17. The van der Waals surface area contributed by atoms with Gasteiger partial charge >= 0.3 is 0 Å². The van der Waals surface area contributed by atoms with Gasteiger partial charge in [-0.1, -0.05) is 88.3 Å². The first-order valence-electron chi connectivity index (χ1n) is 10.7. The minimum Gasteiger partial charge on any atom is -0.398 e. The zero-order valence-corrected chi connectivity index (χ0v) is 16.6. The van der Waals surface area contributed by atoms with Crippen LogP contribution in [0.25, 0.3) is 32.3 Å². The van der Waals surface area contributed by atoms with Gasteiger partial charge in [0.25, 0.3) is 0 Å². The number of unbranched alkanes of at least 4 members (excludes halogenated alkanes) is 7. The summed E-state index contributed by atoms with van der Waals surface area (Å²) in [4.78, 5) is 0. The maximum absolute atomic E-state index is 6.37. The molecule has 1 nitrogen and oxygen atoms in total. The number of hydrogen-bond donors (Lipinski definition) is 1. The summed E-state index contributed by atoms with van der Waals surface area (Å²) >= 11 is 0. The summed E-state index contributed by atoms with van der Waals surface area (Å²) in [5, 5.41) is 8.00. The first-order chi connectivity index (χ1) is 13.3. The van der Waals surface area contributed by atoms with Gasteiger partial charge in [0, 0.05) is 11.1 Å². The Kier molecular flexibility index (Phi) is 5.48. The molecule has 4 aromatic carbocycles. The van der Waals surface area contributed by atoms with E-state index in [-0.39, 0.29) is 0 Å². The molecule has 0 atom stereocenters. The smallest absolute Gasteiger partial charge is 0.0394 e. The fraction of sp³-hybridized carbons (Fsp3) is 0.385. The lowest BCUT2D eigenvalue weighted by Crippen LogP contribution is -1.95. The molecule has 1 heteroatoms. The molecular weight excluding hydrogens is 326 g/mol. The van der Waals surface area contributed by atoms with Gasteiger partial charge in [-0.25, -0.2) is 0 Å². The normalized spacial score (nSPS) is 11.9. The maximum Gasteiger partial charge on any atom is 0.0394 e. The molecule has 0 aliphatic heterocycles. The molecule has 0 aliphatic rings. The number of rotatable bonds is 9. The van der Waals surface area contributed by atoms with E-state index in [2.05, 4.69) is 55.5 Å². The molecule has 0 heterocycles. The van der Waals surface area contributed by atoms with Gasteiger partial charge in [0.05, 0.1) is 0 Å². The van der Waals surface area contributed by atoms with Crippen molar-refractivity contribution in [3.63, 3.8) is 0 Å². The summed E-state index contributed by atoms with van der Waals surface area (Å²) in [6.07, 6.45) is 12.1. The van der Waals surface area contributed by atoms with Crippen molar-refractivity contribution in [2.24, 2.45) is 0 Å². The zero-order chi connectivity index (χ0) is 18.6. The molecule has 2 N–H and O–H groups in total. The molecule has 0 aromatic heterocycles. The molecule has 0 amide bonds. The van der Waals surface area contributed by atoms with E-state index in [0.29, 0.717) is 0 Å². The molecule has 0 radical (unpaired) electrons. The van der Waals surface area contributed by atoms with Crippen LogP contribution in [-0.2, 0) is 6.42 Å². The lowest BCUT2D eigenvalue weighted by Gasteiger charge is -2.16. The number of nitrogens with two attached hydrogens (primary N) is 1. The van der Waals surface area contributed by atoms with Crippen molar-refractivity contribution in [2.75, 3.05) is 5.73 Å². The van der Waals surface area contributed by atoms with Crippen LogP contribution in [0.1, 0.15) is 63.9 Å². The van der Waals surface area contributed by atoms with Crippen molar-refractivity contribution in [1.29, 1.82) is 0 Å². The third-order valence-electron chi connectivity index (χ3n) is 6.06. The van der Waals surface area contributed by atoms with Crippen molar-refractivity contribution in [3.05, 3.63) is 54.1 Å². The summed E-state index contributed by atoms with van der Waals surface area (Å²) in [6, 6.07) is 17.8. The second-order valence-corrected chi connectivity index (χ2v) is 8.03. The summed E-state index contributed by atoms with van der Waals surface area (Å²) < 4.78 is 0. The highest BCUT2D eigenvalue weighted by molar-refractivity contribution is 6.25. The third kappa shape index (κ3) is 3.60. The molecule has 0 saturated heterocycles. The maximum atomic E-state index is 6.37. The summed E-state index contributed by atoms with van der Waals surface area (Å²) in [5.41, 5.74) is 8.73. The Morgan fingerprint density at radius 2 is 1.30 bits per heavy atom. The number of nitrogen functional groups attached to an aromatic ring is 1. The van der Waals surface area contributed by atoms with Gasteiger partial charge < -0.3 is 5.73 Å². The quantitative estimate of drug-likeness (QED) is 0.184. The van der Waals surface area contributed by atoms with E-state index in [9.17, 15) is 0 Å². The molecule has 140 valence electrons. The summed E-state index contributed by atoms with van der Waals surface area (Å²) in [7, 11) is 0. The average Bonchev–Trinajstić information content (AvgIpc) is 2.70. The van der Waals surface area contributed by atoms with Gasteiger partial charge in [-0.15, -0.1) is 0 Å². The first-order valence-corrected chi connectivity index (χ1v) is 10.7. The van der Waals surface area contributed by atoms with Crippen LogP contribution in [0.3, 0.4) is 0 Å². The molecule has 4 rings (SSSR count). The highest BCUT2D eigenvalue weighted by Gasteiger charge is 2.13. The summed E-state index contributed by atoms with van der Waals surface area (Å²) in [5.74, 6) is 0. The van der Waals surface area contributed by atoms with Crippen molar-refractivity contribution in [2.45, 2.75) is 64.7 Å². The number of hydrogen-bond acceptors (Lipinski definition) is 1. The Balaban J connectivity index is 1.57. The fourth-order valence-corrected chi connectivity index (χ4v) is 4.57. The molecular formula is C26H31N. The van der Waals surface area contributed by atoms with E-state index >= 15 is 0 Å². The predicted molar refractivity (Wildman–Crippen MR) is 121 cm³/mol. The lowest BCUT2D eigenvalue weighted by atomic mass is 9.89. The highest BCUT2D eigenvalue weighted by Crippen LogP contribution is 2.39. The highest BCUT2D eigenvalue weighted by atomic mass is 14.5. The Morgan fingerprint density at radius 3 is 2.07 bits per heavy atom. The topological polar surface area (TPSA) is 26.0 Å². The van der Waals surface area contributed by atoms with Crippen LogP contribution in [0.4, 0.5) is 5.69 Å². The predicted octanol–water partition coefficient (Wildman–Crippen LogP) is 7.85. The Hall–Kier alpha value is -2.28. The number of benzene rings is 4. The second-order valence-electron chi connectivity index (χ2n) is 8.03. The monoisotopic (exact) mass is 357 g/mol. The minimum absolute atomic E-state index is 0.901. The molecule has 4 aromatic rings. The van der Waals surface area contributed by atoms with Gasteiger partial charge in [-0.2, -0.15) is 0 Å². The van der Waals surface area contributed by atoms with Gasteiger partial charge in [0.15, 0.2) is 0 Å². The van der Waals surface area contributed by atoms with E-state index < -0.39 is 0 Å². The van der Waals surface area contributed by atoms with E-state index in [1.165, 1.54) is 89.2 Å². The van der Waals surface area contributed by atoms with Gasteiger partial charge in [0.2, 0.25) is 0 Å². The molecule has 0 bridgehead atoms. The van der Waals surface area contributed by atoms with E-state index in [4.69, 9.17) is 5.73 Å². The van der Waals surface area contributed by atoms with E-state index in [1.807, 2.05) is 0 Å². The Morgan fingerprint density at radius 1 is 0.667 bits per heavy atom. The molecule has 27 heavy (non-hydrogen) atoms. The van der Waals surface area contributed by atoms with Crippen molar-refractivity contribution in [1.82, 2.24) is 0 Å². The van der Waals surface area contributed by atoms with Crippen LogP contribution in [0.2, 0.25) is 0 Å². The van der Waals surface area contributed by atoms with Crippen LogP contribution < -0.4 is 5.73 Å². The molecule has 0 fully saturated rings. The lowest BCUT2D eigenvalue weighted by molar-refractivity contribution is 0.576. The minimum atomic E-state index is 0.901. The Bertz CT molecular complexity index is 1030. The van der Waals surface area contributed by atoms with E-state index in [0.717, 1.165) is 12.1 Å². The molecule has 0 saturated carbocycles. The van der Waals surface area contributed by atoms with Crippen LogP contribution in [-0.4, -0.2) is 0 Å². The van der Waals surface area contributed by atoms with Crippen LogP contribution in [0, 0.1) is 0 Å². The first kappa shape index (κ1) is 18.1. The molecule has 0 spiro atoms. The molecule has 0 unspecified atom stereocenters. The SMILES string of the molecule is CCCCCCCCCCc1cc2c(N)ccc3ccc4cccc1c4c32.